The lowest BCUT2D eigenvalue weighted by molar-refractivity contribution is -0.135. The third-order valence-electron chi connectivity index (χ3n) is 5.98. The molecule has 3 amide bonds. The molecule has 0 fully saturated rings. The fourth-order valence-corrected chi connectivity index (χ4v) is 5.23. The molecule has 1 N–H and O–H groups in total. The Morgan fingerprint density at radius 1 is 1.21 bits per heavy atom. The Morgan fingerprint density at radius 2 is 2.03 bits per heavy atom. The van der Waals surface area contributed by atoms with Crippen LogP contribution in [0.15, 0.2) is 60.0 Å². The van der Waals surface area contributed by atoms with Crippen LogP contribution in [-0.4, -0.2) is 48.0 Å². The monoisotopic (exact) mass is 497 g/mol. The van der Waals surface area contributed by atoms with Gasteiger partial charge < -0.3 is 19.9 Å². The van der Waals surface area contributed by atoms with Gasteiger partial charge in [-0.2, -0.15) is 0 Å². The van der Waals surface area contributed by atoms with E-state index in [0.29, 0.717) is 30.4 Å². The van der Waals surface area contributed by atoms with Crippen LogP contribution >= 0.6 is 22.9 Å². The van der Waals surface area contributed by atoms with Crippen molar-refractivity contribution in [1.29, 1.82) is 0 Å². The number of nitrogens with zero attached hydrogens (tertiary/aromatic N) is 2. The van der Waals surface area contributed by atoms with E-state index in [1.807, 2.05) is 43.0 Å². The molecule has 1 aliphatic heterocycles. The summed E-state index contributed by atoms with van der Waals surface area (Å²) >= 11 is 7.74. The molecular weight excluding hydrogens is 470 g/mol. The second-order valence-electron chi connectivity index (χ2n) is 8.18. The standard InChI is InChI=1S/C26H28ClN3O3S/c1-3-29(26(32)28-20-9-6-8-19(27)15-20)16-25(31)30-13-11-24-21(12-14-34-24)22(30)17-33-23-10-5-4-7-18(23)2/h4-10,12,14-15,22H,3,11,13,16-17H2,1-2H3,(H,28,32). The van der Waals surface area contributed by atoms with E-state index in [0.717, 1.165) is 23.3 Å². The van der Waals surface area contributed by atoms with Gasteiger partial charge in [0.15, 0.2) is 0 Å². The zero-order valence-electron chi connectivity index (χ0n) is 19.3. The number of nitrogens with one attached hydrogen (secondary N) is 1. The molecule has 0 saturated heterocycles. The highest BCUT2D eigenvalue weighted by molar-refractivity contribution is 7.10. The zero-order chi connectivity index (χ0) is 24.1. The molecule has 6 nitrogen and oxygen atoms in total. The molecule has 2 aromatic carbocycles. The quantitative estimate of drug-likeness (QED) is 0.451. The van der Waals surface area contributed by atoms with E-state index in [2.05, 4.69) is 16.8 Å². The number of aryl methyl sites for hydroxylation is 1. The van der Waals surface area contributed by atoms with Gasteiger partial charge in [-0.3, -0.25) is 4.79 Å². The lowest BCUT2D eigenvalue weighted by Gasteiger charge is -2.37. The Balaban J connectivity index is 1.47. The SMILES string of the molecule is CCN(CC(=O)N1CCc2sccc2C1COc1ccccc1C)C(=O)Nc1cccc(Cl)c1. The number of carbonyl (C=O) groups excluding carboxylic acids is 2. The van der Waals surface area contributed by atoms with Gasteiger partial charge >= 0.3 is 6.03 Å². The first-order valence-corrected chi connectivity index (χ1v) is 12.6. The summed E-state index contributed by atoms with van der Waals surface area (Å²) in [5, 5.41) is 5.43. The number of rotatable bonds is 7. The van der Waals surface area contributed by atoms with Gasteiger partial charge in [-0.25, -0.2) is 4.79 Å². The van der Waals surface area contributed by atoms with Gasteiger partial charge in [-0.15, -0.1) is 11.3 Å². The number of likely N-dealkylation sites (N-methyl/N-ethyl adjacent to an activating group) is 1. The van der Waals surface area contributed by atoms with Crippen molar-refractivity contribution < 1.29 is 14.3 Å². The number of para-hydroxylation sites is 1. The zero-order valence-corrected chi connectivity index (χ0v) is 20.9. The van der Waals surface area contributed by atoms with Gasteiger partial charge in [0.2, 0.25) is 5.91 Å². The third-order valence-corrected chi connectivity index (χ3v) is 7.21. The van der Waals surface area contributed by atoms with Crippen LogP contribution in [0.25, 0.3) is 0 Å². The fourth-order valence-electron chi connectivity index (χ4n) is 4.11. The van der Waals surface area contributed by atoms with Gasteiger partial charge in [0.25, 0.3) is 0 Å². The van der Waals surface area contributed by atoms with Gasteiger partial charge in [-0.1, -0.05) is 35.9 Å². The first-order chi connectivity index (χ1) is 16.5. The Bertz CT molecular complexity index is 1170. The van der Waals surface area contributed by atoms with Crippen molar-refractivity contribution in [3.05, 3.63) is 81.0 Å². The van der Waals surface area contributed by atoms with Crippen molar-refractivity contribution in [3.8, 4) is 5.75 Å². The highest BCUT2D eigenvalue weighted by atomic mass is 35.5. The van der Waals surface area contributed by atoms with Crippen molar-refractivity contribution >= 4 is 40.6 Å². The van der Waals surface area contributed by atoms with Crippen LogP contribution in [-0.2, 0) is 11.2 Å². The van der Waals surface area contributed by atoms with Crippen molar-refractivity contribution in [2.24, 2.45) is 0 Å². The minimum Gasteiger partial charge on any atom is -0.491 e. The van der Waals surface area contributed by atoms with E-state index in [-0.39, 0.29) is 24.5 Å². The van der Waals surface area contributed by atoms with Crippen LogP contribution < -0.4 is 10.1 Å². The van der Waals surface area contributed by atoms with Crippen molar-refractivity contribution in [1.82, 2.24) is 9.80 Å². The Labute approximate surface area is 209 Å². The number of benzene rings is 2. The Kier molecular flexibility index (Phi) is 7.75. The molecule has 1 aliphatic rings. The Morgan fingerprint density at radius 3 is 2.79 bits per heavy atom. The number of fused-ring (bicyclic) bond motifs is 1. The van der Waals surface area contributed by atoms with Crippen LogP contribution in [0, 0.1) is 6.92 Å². The summed E-state index contributed by atoms with van der Waals surface area (Å²) in [5.74, 6) is 0.715. The summed E-state index contributed by atoms with van der Waals surface area (Å²) < 4.78 is 6.16. The fraction of sp³-hybridized carbons (Fsp3) is 0.308. The van der Waals surface area contributed by atoms with Crippen molar-refractivity contribution in [2.75, 3.05) is 31.6 Å². The normalized spacial score (nSPS) is 14.9. The molecule has 178 valence electrons. The largest absolute Gasteiger partial charge is 0.491 e. The smallest absolute Gasteiger partial charge is 0.322 e. The number of thiophene rings is 1. The first kappa shape index (κ1) is 24.1. The van der Waals surface area contributed by atoms with E-state index in [1.54, 1.807) is 35.6 Å². The van der Waals surface area contributed by atoms with E-state index >= 15 is 0 Å². The summed E-state index contributed by atoms with van der Waals surface area (Å²) in [6.07, 6.45) is 0.806. The second-order valence-corrected chi connectivity index (χ2v) is 9.62. The molecule has 0 aliphatic carbocycles. The second kappa shape index (κ2) is 10.9. The molecular formula is C26H28ClN3O3S. The number of ether oxygens (including phenoxy) is 1. The van der Waals surface area contributed by atoms with E-state index in [1.165, 1.54) is 9.78 Å². The summed E-state index contributed by atoms with van der Waals surface area (Å²) in [6, 6.07) is 16.4. The Hall–Kier alpha value is -3.03. The molecule has 0 saturated carbocycles. The molecule has 2 heterocycles. The molecule has 0 bridgehead atoms. The summed E-state index contributed by atoms with van der Waals surface area (Å²) in [5.41, 5.74) is 2.77. The van der Waals surface area contributed by atoms with Crippen LogP contribution in [0.2, 0.25) is 5.02 Å². The molecule has 0 spiro atoms. The van der Waals surface area contributed by atoms with Crippen molar-refractivity contribution in [3.63, 3.8) is 0 Å². The molecule has 34 heavy (non-hydrogen) atoms. The van der Waals surface area contributed by atoms with Gasteiger partial charge in [0, 0.05) is 28.7 Å². The number of halogens is 1. The maximum Gasteiger partial charge on any atom is 0.322 e. The summed E-state index contributed by atoms with van der Waals surface area (Å²) in [6.45, 7) is 5.22. The predicted molar refractivity (Wildman–Crippen MR) is 137 cm³/mol. The predicted octanol–water partition coefficient (Wildman–Crippen LogP) is 5.77. The maximum atomic E-state index is 13.4. The first-order valence-electron chi connectivity index (χ1n) is 11.3. The number of urea groups is 1. The number of hydrogen-bond acceptors (Lipinski definition) is 4. The molecule has 3 aromatic rings. The van der Waals surface area contributed by atoms with Crippen molar-refractivity contribution in [2.45, 2.75) is 26.3 Å². The third kappa shape index (κ3) is 5.54. The molecule has 4 rings (SSSR count). The highest BCUT2D eigenvalue weighted by Crippen LogP contribution is 2.34. The molecule has 1 aromatic heterocycles. The minimum absolute atomic E-state index is 0.0107. The summed E-state index contributed by atoms with van der Waals surface area (Å²) in [7, 11) is 0. The van der Waals surface area contributed by atoms with Crippen LogP contribution in [0.3, 0.4) is 0 Å². The van der Waals surface area contributed by atoms with Crippen LogP contribution in [0.5, 0.6) is 5.75 Å². The van der Waals surface area contributed by atoms with Crippen LogP contribution in [0.1, 0.15) is 29.0 Å². The lowest BCUT2D eigenvalue weighted by Crippen LogP contribution is -2.48. The molecule has 8 heteroatoms. The topological polar surface area (TPSA) is 61.9 Å². The molecule has 1 unspecified atom stereocenters. The van der Waals surface area contributed by atoms with Gasteiger partial charge in [-0.05, 0) is 67.1 Å². The average molecular weight is 498 g/mol. The minimum atomic E-state index is -0.334. The number of anilines is 1. The van der Waals surface area contributed by atoms with Gasteiger partial charge in [0.1, 0.15) is 18.9 Å². The molecule has 0 radical (unpaired) electrons. The molecule has 1 atom stereocenters. The number of carbonyl (C=O) groups is 2. The van der Waals surface area contributed by atoms with E-state index in [9.17, 15) is 9.59 Å². The van der Waals surface area contributed by atoms with Gasteiger partial charge in [0.05, 0.1) is 6.04 Å². The number of hydrogen-bond donors (Lipinski definition) is 1. The highest BCUT2D eigenvalue weighted by Gasteiger charge is 2.33. The maximum absolute atomic E-state index is 13.4. The van der Waals surface area contributed by atoms with E-state index < -0.39 is 0 Å². The van der Waals surface area contributed by atoms with Crippen LogP contribution in [0.4, 0.5) is 10.5 Å². The summed E-state index contributed by atoms with van der Waals surface area (Å²) in [4.78, 5) is 30.9. The lowest BCUT2D eigenvalue weighted by atomic mass is 10.0. The number of amides is 3. The average Bonchev–Trinajstić information content (AvgIpc) is 3.31. The van der Waals surface area contributed by atoms with E-state index in [4.69, 9.17) is 16.3 Å².